The summed E-state index contributed by atoms with van der Waals surface area (Å²) in [4.78, 5) is 31.4. The van der Waals surface area contributed by atoms with E-state index in [1.165, 1.54) is 13.8 Å². The number of fused-ring (bicyclic) bond motifs is 2. The van der Waals surface area contributed by atoms with E-state index in [9.17, 15) is 14.7 Å². The predicted octanol–water partition coefficient (Wildman–Crippen LogP) is 5.84. The number of rotatable bonds is 9. The molecule has 2 amide bonds. The molecule has 0 bridgehead atoms. The number of alkyl halides is 1. The lowest BCUT2D eigenvalue weighted by Crippen LogP contribution is -2.45. The van der Waals surface area contributed by atoms with Gasteiger partial charge in [0.1, 0.15) is 5.67 Å². The number of hydrogen-bond acceptors (Lipinski definition) is 4. The average Bonchev–Trinajstić information content (AvgIpc) is 3.37. The molecule has 4 atom stereocenters. The van der Waals surface area contributed by atoms with Crippen LogP contribution in [0, 0.1) is 15.4 Å². The molecule has 0 saturated carbocycles. The number of para-hydroxylation sites is 1. The quantitative estimate of drug-likeness (QED) is 0.291. The number of carbonyl (C=O) groups is 2. The second kappa shape index (κ2) is 11.8. The maximum absolute atomic E-state index is 16.0. The number of aliphatic hydroxyl groups excluding tert-OH is 1. The fraction of sp³-hybridized carbons (Fsp3) is 0.394. The Hall–Kier alpha value is -2.82. The first-order valence-electron chi connectivity index (χ1n) is 14.0. The van der Waals surface area contributed by atoms with Crippen LogP contribution in [-0.2, 0) is 33.0 Å². The Balaban J connectivity index is 1.48. The normalized spacial score (nSPS) is 23.7. The molecule has 5 rings (SSSR count). The third-order valence-corrected chi connectivity index (χ3v) is 9.16. The van der Waals surface area contributed by atoms with Crippen LogP contribution in [0.25, 0.3) is 0 Å². The number of benzene rings is 3. The Morgan fingerprint density at radius 3 is 2.37 bits per heavy atom. The zero-order chi connectivity index (χ0) is 29.4. The van der Waals surface area contributed by atoms with Gasteiger partial charge in [-0.2, -0.15) is 0 Å². The van der Waals surface area contributed by atoms with E-state index in [4.69, 9.17) is 4.74 Å². The van der Waals surface area contributed by atoms with Crippen LogP contribution in [-0.4, -0.2) is 46.7 Å². The van der Waals surface area contributed by atoms with Gasteiger partial charge < -0.3 is 19.6 Å². The summed E-state index contributed by atoms with van der Waals surface area (Å²) in [6.07, 6.45) is -0.923. The van der Waals surface area contributed by atoms with Crippen molar-refractivity contribution in [1.82, 2.24) is 4.90 Å². The van der Waals surface area contributed by atoms with Crippen molar-refractivity contribution in [2.45, 2.75) is 57.7 Å². The minimum Gasteiger partial charge on any atom is -0.395 e. The maximum atomic E-state index is 16.0. The van der Waals surface area contributed by atoms with Crippen LogP contribution in [0.2, 0.25) is 0 Å². The highest BCUT2D eigenvalue weighted by Crippen LogP contribution is 2.58. The van der Waals surface area contributed by atoms with Crippen molar-refractivity contribution in [2.24, 2.45) is 11.8 Å². The van der Waals surface area contributed by atoms with E-state index in [0.29, 0.717) is 18.7 Å². The molecule has 8 heteroatoms. The van der Waals surface area contributed by atoms with Crippen LogP contribution in [0.15, 0.2) is 78.9 Å². The summed E-state index contributed by atoms with van der Waals surface area (Å²) >= 11 is 2.25. The second-order valence-corrected chi connectivity index (χ2v) is 12.8. The zero-order valence-electron chi connectivity index (χ0n) is 23.6. The van der Waals surface area contributed by atoms with Crippen molar-refractivity contribution in [2.75, 3.05) is 18.1 Å². The van der Waals surface area contributed by atoms with Crippen LogP contribution < -0.4 is 4.90 Å². The molecule has 2 heterocycles. The van der Waals surface area contributed by atoms with E-state index in [1.54, 1.807) is 9.80 Å². The Kier molecular flexibility index (Phi) is 8.55. The minimum absolute atomic E-state index is 0.0937. The van der Waals surface area contributed by atoms with Crippen molar-refractivity contribution in [1.29, 1.82) is 0 Å². The molecule has 0 unspecified atom stereocenters. The van der Waals surface area contributed by atoms with E-state index >= 15 is 4.39 Å². The van der Waals surface area contributed by atoms with Crippen molar-refractivity contribution in [3.8, 4) is 0 Å². The first-order valence-corrected chi connectivity index (χ1v) is 15.1. The molecule has 6 nitrogen and oxygen atoms in total. The van der Waals surface area contributed by atoms with Crippen molar-refractivity contribution in [3.05, 3.63) is 99.1 Å². The predicted molar refractivity (Wildman–Crippen MR) is 165 cm³/mol. The lowest BCUT2D eigenvalue weighted by Gasteiger charge is -2.32. The third-order valence-electron chi connectivity index (χ3n) is 8.44. The van der Waals surface area contributed by atoms with Gasteiger partial charge in [0.25, 0.3) is 5.91 Å². The van der Waals surface area contributed by atoms with E-state index in [0.717, 1.165) is 20.4 Å². The molecule has 41 heavy (non-hydrogen) atoms. The monoisotopic (exact) mass is 670 g/mol. The van der Waals surface area contributed by atoms with Gasteiger partial charge in [-0.3, -0.25) is 9.59 Å². The fourth-order valence-corrected chi connectivity index (χ4v) is 7.01. The summed E-state index contributed by atoms with van der Waals surface area (Å²) in [5.74, 6) is -1.73. The highest BCUT2D eigenvalue weighted by Gasteiger charge is 2.66. The van der Waals surface area contributed by atoms with Crippen LogP contribution >= 0.6 is 22.6 Å². The molecule has 216 valence electrons. The topological polar surface area (TPSA) is 70.1 Å². The van der Waals surface area contributed by atoms with Gasteiger partial charge in [-0.05, 0) is 65.8 Å². The first-order chi connectivity index (χ1) is 19.6. The molecule has 2 aliphatic heterocycles. The van der Waals surface area contributed by atoms with Crippen LogP contribution in [0.4, 0.5) is 10.1 Å². The van der Waals surface area contributed by atoms with Gasteiger partial charge in [0, 0.05) is 34.1 Å². The van der Waals surface area contributed by atoms with Gasteiger partial charge in [0.2, 0.25) is 5.91 Å². The first kappa shape index (κ1) is 29.7. The van der Waals surface area contributed by atoms with Gasteiger partial charge in [0.05, 0.1) is 31.4 Å². The molecule has 1 spiro atoms. The Bertz CT molecular complexity index is 1390. The molecule has 0 aromatic heterocycles. The Morgan fingerprint density at radius 1 is 1.05 bits per heavy atom. The summed E-state index contributed by atoms with van der Waals surface area (Å²) in [6.45, 7) is 5.51. The van der Waals surface area contributed by atoms with Gasteiger partial charge in [0.15, 0.2) is 5.60 Å². The van der Waals surface area contributed by atoms with E-state index in [1.807, 2.05) is 85.8 Å². The number of amides is 2. The largest absolute Gasteiger partial charge is 0.395 e. The van der Waals surface area contributed by atoms with E-state index < -0.39 is 29.2 Å². The average molecular weight is 671 g/mol. The molecule has 1 fully saturated rings. The standard InChI is InChI=1S/C33H36FIN2O4/c1-22-30(32(2,3)34)28(19-29(39)36(17-18-38)20-23-9-5-4-6-10-23)41-33(22)26-11-7-8-12-27(26)37(31(33)40)21-24-13-15-25(35)16-14-24/h4-16,22,28,30,38H,17-21H2,1-3H3/t22-,28+,30-,33+/m0/s1. The number of ether oxygens (including phenoxy) is 1. The number of anilines is 1. The maximum Gasteiger partial charge on any atom is 0.264 e. The zero-order valence-corrected chi connectivity index (χ0v) is 25.8. The molecule has 0 radical (unpaired) electrons. The molecule has 2 aliphatic rings. The van der Waals surface area contributed by atoms with E-state index in [-0.39, 0.29) is 31.4 Å². The third kappa shape index (κ3) is 5.66. The SMILES string of the molecule is C[C@H]1[C@H](C(C)(C)F)[C@@H](CC(=O)N(CCO)Cc2ccccc2)O[C@]12C(=O)N(Cc1ccc(I)cc1)c1ccccc12. The summed E-state index contributed by atoms with van der Waals surface area (Å²) in [5.41, 5.74) is 0.249. The van der Waals surface area contributed by atoms with Gasteiger partial charge in [-0.1, -0.05) is 67.6 Å². The Labute approximate surface area is 254 Å². The van der Waals surface area contributed by atoms with Crippen molar-refractivity contribution >= 4 is 40.1 Å². The number of hydrogen-bond donors (Lipinski definition) is 1. The highest BCUT2D eigenvalue weighted by atomic mass is 127. The lowest BCUT2D eigenvalue weighted by molar-refractivity contribution is -0.150. The second-order valence-electron chi connectivity index (χ2n) is 11.5. The summed E-state index contributed by atoms with van der Waals surface area (Å²) in [7, 11) is 0. The molecule has 1 saturated heterocycles. The Morgan fingerprint density at radius 2 is 1.71 bits per heavy atom. The summed E-state index contributed by atoms with van der Waals surface area (Å²) < 4.78 is 23.8. The summed E-state index contributed by atoms with van der Waals surface area (Å²) in [5, 5.41) is 9.69. The van der Waals surface area contributed by atoms with Crippen molar-refractivity contribution in [3.63, 3.8) is 0 Å². The summed E-state index contributed by atoms with van der Waals surface area (Å²) in [6, 6.07) is 25.1. The fourth-order valence-electron chi connectivity index (χ4n) is 6.65. The van der Waals surface area contributed by atoms with Crippen LogP contribution in [0.5, 0.6) is 0 Å². The van der Waals surface area contributed by atoms with Gasteiger partial charge >= 0.3 is 0 Å². The molecular formula is C33H36FIN2O4. The van der Waals surface area contributed by atoms with Gasteiger partial charge in [-0.25, -0.2) is 4.39 Å². The number of halogens is 2. The molecule has 0 aliphatic carbocycles. The highest BCUT2D eigenvalue weighted by molar-refractivity contribution is 14.1. The lowest BCUT2D eigenvalue weighted by atomic mass is 9.71. The number of aliphatic hydroxyl groups is 1. The minimum atomic E-state index is -1.71. The van der Waals surface area contributed by atoms with Crippen LogP contribution in [0.3, 0.4) is 0 Å². The van der Waals surface area contributed by atoms with Gasteiger partial charge in [-0.15, -0.1) is 0 Å². The smallest absolute Gasteiger partial charge is 0.264 e. The molecule has 3 aromatic rings. The molecule has 3 aromatic carbocycles. The van der Waals surface area contributed by atoms with Crippen molar-refractivity contribution < 1.29 is 23.8 Å². The molecular weight excluding hydrogens is 634 g/mol. The molecule has 1 N–H and O–H groups in total. The number of nitrogens with zero attached hydrogens (tertiary/aromatic N) is 2. The van der Waals surface area contributed by atoms with E-state index in [2.05, 4.69) is 22.6 Å². The van der Waals surface area contributed by atoms with Crippen LogP contribution in [0.1, 0.15) is 43.9 Å². The number of carbonyl (C=O) groups excluding carboxylic acids is 2.